The third kappa shape index (κ3) is 2.17. The summed E-state index contributed by atoms with van der Waals surface area (Å²) in [6.07, 6.45) is 2.50. The molecule has 1 aromatic carbocycles. The summed E-state index contributed by atoms with van der Waals surface area (Å²) < 4.78 is 0. The maximum absolute atomic E-state index is 12.1. The van der Waals surface area contributed by atoms with Crippen molar-refractivity contribution < 1.29 is 4.79 Å². The highest BCUT2D eigenvalue weighted by atomic mass is 16.1. The molecule has 0 bridgehead atoms. The molecular formula is C14H19NO. The van der Waals surface area contributed by atoms with Crippen LogP contribution in [0, 0.1) is 19.3 Å². The van der Waals surface area contributed by atoms with Gasteiger partial charge in [-0.15, -0.1) is 0 Å². The van der Waals surface area contributed by atoms with Gasteiger partial charge in [0.05, 0.1) is 0 Å². The lowest BCUT2D eigenvalue weighted by Crippen LogP contribution is -2.26. The molecule has 0 unspecified atom stereocenters. The van der Waals surface area contributed by atoms with E-state index in [1.165, 1.54) is 11.1 Å². The van der Waals surface area contributed by atoms with Gasteiger partial charge in [0.1, 0.15) is 5.78 Å². The second kappa shape index (κ2) is 4.02. The molecule has 1 aromatic rings. The Kier molecular flexibility index (Phi) is 2.85. The molecule has 2 N–H and O–H groups in total. The number of hydrogen-bond donors (Lipinski definition) is 1. The summed E-state index contributed by atoms with van der Waals surface area (Å²) in [5.74, 6) is 0.319. The molecule has 0 atom stereocenters. The van der Waals surface area contributed by atoms with Gasteiger partial charge in [-0.05, 0) is 32.3 Å². The molecule has 1 aliphatic rings. The molecule has 0 aromatic heterocycles. The molecule has 0 heterocycles. The van der Waals surface area contributed by atoms with Gasteiger partial charge in [0.15, 0.2) is 0 Å². The van der Waals surface area contributed by atoms with Gasteiger partial charge in [-0.3, -0.25) is 4.79 Å². The smallest absolute Gasteiger partial charge is 0.144 e. The predicted molar refractivity (Wildman–Crippen MR) is 65.3 cm³/mol. The van der Waals surface area contributed by atoms with Gasteiger partial charge < -0.3 is 5.73 Å². The number of nitrogens with two attached hydrogens (primary N) is 1. The molecule has 2 nitrogen and oxygen atoms in total. The molecule has 1 fully saturated rings. The van der Waals surface area contributed by atoms with Crippen molar-refractivity contribution in [1.29, 1.82) is 0 Å². The quantitative estimate of drug-likeness (QED) is 0.839. The van der Waals surface area contributed by atoms with Crippen LogP contribution in [-0.4, -0.2) is 12.3 Å². The molecule has 2 rings (SSSR count). The average Bonchev–Trinajstić information content (AvgIpc) is 2.96. The predicted octanol–water partition coefficient (Wildman–Crippen LogP) is 2.15. The average molecular weight is 217 g/mol. The lowest BCUT2D eigenvalue weighted by Gasteiger charge is -2.11. The molecule has 0 amide bonds. The number of Topliss-reactive ketones (excluding diaryl/α,β-unsaturated/α-hetero) is 1. The molecule has 0 radical (unpaired) electrons. The Labute approximate surface area is 96.8 Å². The molecule has 86 valence electrons. The minimum absolute atomic E-state index is 0.169. The zero-order chi connectivity index (χ0) is 11.8. The Balaban J connectivity index is 2.12. The summed E-state index contributed by atoms with van der Waals surface area (Å²) in [5, 5.41) is 0. The van der Waals surface area contributed by atoms with Gasteiger partial charge in [-0.2, -0.15) is 0 Å². The van der Waals surface area contributed by atoms with Gasteiger partial charge in [0.2, 0.25) is 0 Å². The topological polar surface area (TPSA) is 43.1 Å². The molecule has 1 saturated carbocycles. The van der Waals surface area contributed by atoms with Gasteiger partial charge in [-0.1, -0.05) is 29.3 Å². The molecule has 2 heteroatoms. The normalized spacial score (nSPS) is 17.2. The third-order valence-corrected chi connectivity index (χ3v) is 3.48. The number of hydrogen-bond acceptors (Lipinski definition) is 2. The summed E-state index contributed by atoms with van der Waals surface area (Å²) >= 11 is 0. The van der Waals surface area contributed by atoms with Gasteiger partial charge in [0.25, 0.3) is 0 Å². The first-order chi connectivity index (χ1) is 7.55. The van der Waals surface area contributed by atoms with E-state index < -0.39 is 0 Å². The highest BCUT2D eigenvalue weighted by molar-refractivity contribution is 5.89. The second-order valence-electron chi connectivity index (χ2n) is 5.08. The van der Waals surface area contributed by atoms with Crippen molar-refractivity contribution in [3.8, 4) is 0 Å². The first-order valence-corrected chi connectivity index (χ1v) is 5.86. The number of ketones is 1. The van der Waals surface area contributed by atoms with Crippen LogP contribution in [-0.2, 0) is 11.2 Å². The van der Waals surface area contributed by atoms with E-state index in [0.717, 1.165) is 18.4 Å². The zero-order valence-electron chi connectivity index (χ0n) is 10.0. The van der Waals surface area contributed by atoms with Crippen LogP contribution in [0.3, 0.4) is 0 Å². The van der Waals surface area contributed by atoms with E-state index in [1.54, 1.807) is 0 Å². The van der Waals surface area contributed by atoms with E-state index in [1.807, 2.05) is 0 Å². The van der Waals surface area contributed by atoms with Crippen molar-refractivity contribution in [2.24, 2.45) is 11.1 Å². The first kappa shape index (κ1) is 11.3. The Morgan fingerprint density at radius 1 is 1.25 bits per heavy atom. The minimum Gasteiger partial charge on any atom is -0.329 e. The second-order valence-corrected chi connectivity index (χ2v) is 5.08. The van der Waals surface area contributed by atoms with Gasteiger partial charge in [0, 0.05) is 18.4 Å². The largest absolute Gasteiger partial charge is 0.329 e. The Bertz CT molecular complexity index is 398. The molecule has 16 heavy (non-hydrogen) atoms. The monoisotopic (exact) mass is 217 g/mol. The maximum atomic E-state index is 12.1. The Hall–Kier alpha value is -1.15. The molecule has 0 saturated heterocycles. The Morgan fingerprint density at radius 2 is 1.81 bits per heavy atom. The van der Waals surface area contributed by atoms with Crippen LogP contribution >= 0.6 is 0 Å². The maximum Gasteiger partial charge on any atom is 0.144 e. The van der Waals surface area contributed by atoms with E-state index in [2.05, 4.69) is 32.0 Å². The SMILES string of the molecule is Cc1cc(C)cc(CC(=O)C2(CN)CC2)c1. The van der Waals surface area contributed by atoms with Crippen molar-refractivity contribution >= 4 is 5.78 Å². The molecule has 1 aliphatic carbocycles. The van der Waals surface area contributed by atoms with E-state index in [0.29, 0.717) is 18.7 Å². The number of benzene rings is 1. The number of carbonyl (C=O) groups is 1. The van der Waals surface area contributed by atoms with Crippen molar-refractivity contribution in [3.63, 3.8) is 0 Å². The van der Waals surface area contributed by atoms with Crippen LogP contribution in [0.1, 0.15) is 29.5 Å². The van der Waals surface area contributed by atoms with Crippen molar-refractivity contribution in [1.82, 2.24) is 0 Å². The highest BCUT2D eigenvalue weighted by Gasteiger charge is 2.47. The molecule has 0 spiro atoms. The summed E-state index contributed by atoms with van der Waals surface area (Å²) in [6.45, 7) is 4.64. The summed E-state index contributed by atoms with van der Waals surface area (Å²) in [7, 11) is 0. The third-order valence-electron chi connectivity index (χ3n) is 3.48. The lowest BCUT2D eigenvalue weighted by atomic mass is 9.94. The standard InChI is InChI=1S/C14H19NO/c1-10-5-11(2)7-12(6-10)8-13(16)14(9-15)3-4-14/h5-7H,3-4,8-9,15H2,1-2H3. The van der Waals surface area contributed by atoms with Crippen LogP contribution < -0.4 is 5.73 Å². The van der Waals surface area contributed by atoms with E-state index in [4.69, 9.17) is 5.73 Å². The van der Waals surface area contributed by atoms with E-state index >= 15 is 0 Å². The molecule has 0 aliphatic heterocycles. The summed E-state index contributed by atoms with van der Waals surface area (Å²) in [6, 6.07) is 6.32. The van der Waals surface area contributed by atoms with Crippen molar-refractivity contribution in [2.75, 3.05) is 6.54 Å². The van der Waals surface area contributed by atoms with Crippen LogP contribution in [0.2, 0.25) is 0 Å². The minimum atomic E-state index is -0.169. The number of rotatable bonds is 4. The Morgan fingerprint density at radius 3 is 2.25 bits per heavy atom. The summed E-state index contributed by atoms with van der Waals surface area (Å²) in [5.41, 5.74) is 9.07. The number of carbonyl (C=O) groups excluding carboxylic acids is 1. The van der Waals surface area contributed by atoms with Crippen LogP contribution in [0.25, 0.3) is 0 Å². The fraction of sp³-hybridized carbons (Fsp3) is 0.500. The van der Waals surface area contributed by atoms with Crippen molar-refractivity contribution in [3.05, 3.63) is 34.9 Å². The van der Waals surface area contributed by atoms with Gasteiger partial charge >= 0.3 is 0 Å². The molecular weight excluding hydrogens is 198 g/mol. The van der Waals surface area contributed by atoms with Crippen LogP contribution in [0.5, 0.6) is 0 Å². The van der Waals surface area contributed by atoms with E-state index in [9.17, 15) is 4.79 Å². The van der Waals surface area contributed by atoms with E-state index in [-0.39, 0.29) is 5.41 Å². The highest BCUT2D eigenvalue weighted by Crippen LogP contribution is 2.46. The zero-order valence-corrected chi connectivity index (χ0v) is 10.0. The lowest BCUT2D eigenvalue weighted by molar-refractivity contribution is -0.123. The van der Waals surface area contributed by atoms with Crippen molar-refractivity contribution in [2.45, 2.75) is 33.1 Å². The van der Waals surface area contributed by atoms with Gasteiger partial charge in [-0.25, -0.2) is 0 Å². The summed E-state index contributed by atoms with van der Waals surface area (Å²) in [4.78, 5) is 12.1. The fourth-order valence-electron chi connectivity index (χ4n) is 2.29. The number of aryl methyl sites for hydroxylation is 2. The first-order valence-electron chi connectivity index (χ1n) is 5.86. The fourth-order valence-corrected chi connectivity index (χ4v) is 2.29. The van der Waals surface area contributed by atoms with Crippen LogP contribution in [0.4, 0.5) is 0 Å². The van der Waals surface area contributed by atoms with Crippen LogP contribution in [0.15, 0.2) is 18.2 Å².